The molecule has 30 heavy (non-hydrogen) atoms. The van der Waals surface area contributed by atoms with E-state index in [0.29, 0.717) is 24.5 Å². The zero-order valence-corrected chi connectivity index (χ0v) is 17.7. The predicted octanol–water partition coefficient (Wildman–Crippen LogP) is 6.61. The van der Waals surface area contributed by atoms with Gasteiger partial charge in [-0.2, -0.15) is 0 Å². The minimum atomic E-state index is -0.260. The summed E-state index contributed by atoms with van der Waals surface area (Å²) < 4.78 is 22.5. The van der Waals surface area contributed by atoms with E-state index < -0.39 is 0 Å². The first kappa shape index (κ1) is 20.1. The molecular weight excluding hydrogens is 375 g/mol. The molecule has 4 aromatic rings. The lowest BCUT2D eigenvalue weighted by Crippen LogP contribution is -2.10. The third kappa shape index (κ3) is 4.23. The average Bonchev–Trinajstić information content (AvgIpc) is 3.09. The maximum Gasteiger partial charge on any atom is 0.144 e. The van der Waals surface area contributed by atoms with Gasteiger partial charge in [0.25, 0.3) is 0 Å². The number of benzene rings is 3. The van der Waals surface area contributed by atoms with Crippen molar-refractivity contribution in [3.05, 3.63) is 84.2 Å². The number of nitrogens with zero attached hydrogens (tertiary/aromatic N) is 2. The molecule has 0 saturated carbocycles. The maximum atomic E-state index is 14.4. The molecule has 0 spiro atoms. The first-order valence-electron chi connectivity index (χ1n) is 10.4. The number of aromatic nitrogens is 2. The summed E-state index contributed by atoms with van der Waals surface area (Å²) in [7, 11) is 0. The summed E-state index contributed by atoms with van der Waals surface area (Å²) in [5, 5.41) is 0. The third-order valence-corrected chi connectivity index (χ3v) is 5.28. The van der Waals surface area contributed by atoms with Crippen molar-refractivity contribution >= 4 is 11.0 Å². The summed E-state index contributed by atoms with van der Waals surface area (Å²) in [6, 6.07) is 23.0. The summed E-state index contributed by atoms with van der Waals surface area (Å²) in [6.07, 6.45) is 0.794. The van der Waals surface area contributed by atoms with Gasteiger partial charge in [0.05, 0.1) is 23.2 Å². The van der Waals surface area contributed by atoms with Gasteiger partial charge in [-0.15, -0.1) is 0 Å². The summed E-state index contributed by atoms with van der Waals surface area (Å²) >= 11 is 0. The number of para-hydroxylation sites is 2. The molecule has 0 bridgehead atoms. The molecule has 0 aliphatic rings. The smallest absolute Gasteiger partial charge is 0.144 e. The Morgan fingerprint density at radius 1 is 0.900 bits per heavy atom. The Morgan fingerprint density at radius 3 is 2.33 bits per heavy atom. The Bertz CT molecular complexity index is 1140. The van der Waals surface area contributed by atoms with Gasteiger partial charge in [0, 0.05) is 6.54 Å². The van der Waals surface area contributed by atoms with Gasteiger partial charge in [-0.3, -0.25) is 0 Å². The molecule has 0 N–H and O–H groups in total. The molecule has 3 nitrogen and oxygen atoms in total. The second-order valence-corrected chi connectivity index (χ2v) is 8.53. The van der Waals surface area contributed by atoms with Crippen molar-refractivity contribution in [3.8, 4) is 17.1 Å². The summed E-state index contributed by atoms with van der Waals surface area (Å²) in [5.41, 5.74) is 3.81. The van der Waals surface area contributed by atoms with Crippen LogP contribution >= 0.6 is 0 Å². The van der Waals surface area contributed by atoms with Gasteiger partial charge in [0.15, 0.2) is 0 Å². The SMILES string of the molecule is CC(C)(C)c1ccc(OCCCn2c(-c3ccccc3F)nc3ccccc32)cc1. The molecule has 0 amide bonds. The van der Waals surface area contributed by atoms with Gasteiger partial charge in [0.2, 0.25) is 0 Å². The van der Waals surface area contributed by atoms with Crippen molar-refractivity contribution in [1.82, 2.24) is 9.55 Å². The topological polar surface area (TPSA) is 27.1 Å². The highest BCUT2D eigenvalue weighted by atomic mass is 19.1. The Labute approximate surface area is 177 Å². The average molecular weight is 403 g/mol. The number of hydrogen-bond acceptors (Lipinski definition) is 2. The second-order valence-electron chi connectivity index (χ2n) is 8.53. The maximum absolute atomic E-state index is 14.4. The predicted molar refractivity (Wildman–Crippen MR) is 120 cm³/mol. The Kier molecular flexibility index (Phi) is 5.58. The minimum absolute atomic E-state index is 0.129. The molecule has 1 heterocycles. The first-order chi connectivity index (χ1) is 14.4. The van der Waals surface area contributed by atoms with Crippen molar-refractivity contribution in [2.75, 3.05) is 6.61 Å². The van der Waals surface area contributed by atoms with Crippen LogP contribution in [0.5, 0.6) is 5.75 Å². The van der Waals surface area contributed by atoms with E-state index in [1.54, 1.807) is 12.1 Å². The van der Waals surface area contributed by atoms with E-state index in [1.807, 2.05) is 42.5 Å². The van der Waals surface area contributed by atoms with Crippen LogP contribution < -0.4 is 4.74 Å². The van der Waals surface area contributed by atoms with Gasteiger partial charge < -0.3 is 9.30 Å². The summed E-state index contributed by atoms with van der Waals surface area (Å²) in [6.45, 7) is 7.88. The molecule has 0 radical (unpaired) electrons. The quantitative estimate of drug-likeness (QED) is 0.339. The molecular formula is C26H27FN2O. The van der Waals surface area contributed by atoms with Crippen LogP contribution in [0.15, 0.2) is 72.8 Å². The van der Waals surface area contributed by atoms with Crippen molar-refractivity contribution in [2.24, 2.45) is 0 Å². The largest absolute Gasteiger partial charge is 0.494 e. The Hall–Kier alpha value is -3.14. The normalized spacial score (nSPS) is 11.7. The molecule has 0 aliphatic heterocycles. The van der Waals surface area contributed by atoms with E-state index >= 15 is 0 Å². The Balaban J connectivity index is 1.49. The van der Waals surface area contributed by atoms with Gasteiger partial charge >= 0.3 is 0 Å². The van der Waals surface area contributed by atoms with Crippen LogP contribution in [-0.4, -0.2) is 16.2 Å². The standard InChI is InChI=1S/C26H27FN2O/c1-26(2,3)19-13-15-20(16-14-19)30-18-8-17-29-24-12-7-6-11-23(24)28-25(29)21-9-4-5-10-22(21)27/h4-7,9-16H,8,17-18H2,1-3H3. The zero-order valence-electron chi connectivity index (χ0n) is 17.7. The van der Waals surface area contributed by atoms with E-state index in [0.717, 1.165) is 23.2 Å². The van der Waals surface area contributed by atoms with Crippen LogP contribution in [0.2, 0.25) is 0 Å². The molecule has 4 rings (SSSR count). The second kappa shape index (κ2) is 8.31. The highest BCUT2D eigenvalue weighted by molar-refractivity contribution is 5.80. The molecule has 0 saturated heterocycles. The lowest BCUT2D eigenvalue weighted by atomic mass is 9.87. The van der Waals surface area contributed by atoms with Gasteiger partial charge in [-0.25, -0.2) is 9.37 Å². The number of hydrogen-bond donors (Lipinski definition) is 0. The molecule has 4 heteroatoms. The summed E-state index contributed by atoms with van der Waals surface area (Å²) in [4.78, 5) is 4.70. The fourth-order valence-corrected chi connectivity index (χ4v) is 3.61. The van der Waals surface area contributed by atoms with Crippen molar-refractivity contribution < 1.29 is 9.13 Å². The van der Waals surface area contributed by atoms with Crippen LogP contribution in [0.4, 0.5) is 4.39 Å². The fourth-order valence-electron chi connectivity index (χ4n) is 3.61. The van der Waals surface area contributed by atoms with Crippen LogP contribution in [0.3, 0.4) is 0 Å². The number of rotatable bonds is 6. The zero-order chi connectivity index (χ0) is 21.1. The van der Waals surface area contributed by atoms with Crippen LogP contribution in [-0.2, 0) is 12.0 Å². The molecule has 0 fully saturated rings. The monoisotopic (exact) mass is 402 g/mol. The molecule has 154 valence electrons. The van der Waals surface area contributed by atoms with Crippen molar-refractivity contribution in [2.45, 2.75) is 39.2 Å². The highest BCUT2D eigenvalue weighted by Crippen LogP contribution is 2.27. The van der Waals surface area contributed by atoms with Gasteiger partial charge in [0.1, 0.15) is 17.4 Å². The molecule has 0 unspecified atom stereocenters. The summed E-state index contributed by atoms with van der Waals surface area (Å²) in [5.74, 6) is 1.26. The number of ether oxygens (including phenoxy) is 1. The minimum Gasteiger partial charge on any atom is -0.494 e. The highest BCUT2D eigenvalue weighted by Gasteiger charge is 2.15. The molecule has 0 aliphatic carbocycles. The van der Waals surface area contributed by atoms with E-state index in [-0.39, 0.29) is 11.2 Å². The third-order valence-electron chi connectivity index (χ3n) is 5.28. The molecule has 0 atom stereocenters. The fraction of sp³-hybridized carbons (Fsp3) is 0.269. The van der Waals surface area contributed by atoms with Gasteiger partial charge in [-0.05, 0) is 53.8 Å². The van der Waals surface area contributed by atoms with E-state index in [1.165, 1.54) is 11.6 Å². The van der Waals surface area contributed by atoms with Crippen molar-refractivity contribution in [1.29, 1.82) is 0 Å². The number of halogens is 1. The van der Waals surface area contributed by atoms with Crippen molar-refractivity contribution in [3.63, 3.8) is 0 Å². The molecule has 1 aromatic heterocycles. The van der Waals surface area contributed by atoms with E-state index in [2.05, 4.69) is 37.5 Å². The lowest BCUT2D eigenvalue weighted by molar-refractivity contribution is 0.302. The van der Waals surface area contributed by atoms with Crippen LogP contribution in [0.1, 0.15) is 32.8 Å². The first-order valence-corrected chi connectivity index (χ1v) is 10.4. The van der Waals surface area contributed by atoms with Crippen LogP contribution in [0.25, 0.3) is 22.4 Å². The number of imidazole rings is 1. The molecule has 3 aromatic carbocycles. The number of aryl methyl sites for hydroxylation is 1. The van der Waals surface area contributed by atoms with E-state index in [9.17, 15) is 4.39 Å². The van der Waals surface area contributed by atoms with Gasteiger partial charge in [-0.1, -0.05) is 57.2 Å². The Morgan fingerprint density at radius 2 is 1.60 bits per heavy atom. The van der Waals surface area contributed by atoms with Crippen LogP contribution in [0, 0.1) is 5.82 Å². The lowest BCUT2D eigenvalue weighted by Gasteiger charge is -2.19. The van der Waals surface area contributed by atoms with E-state index in [4.69, 9.17) is 9.72 Å². The number of fused-ring (bicyclic) bond motifs is 1.